The Hall–Kier alpha value is -5.26. The highest BCUT2D eigenvalue weighted by molar-refractivity contribution is 5.98. The van der Waals surface area contributed by atoms with Crippen molar-refractivity contribution in [2.75, 3.05) is 32.7 Å². The SMILES string of the molecule is CC(C)C[C@@H]1NC(=O)[C@@H](Cc2ccccc2)NC(=O)[C@H](CCN)NC(=O)[C@@H](NC(=O)[C@@H](N)CCCN)CCNC(=O)[C@H]([C@@H](C)O)NC(=O)[C@H](CCN)NC(=O)[C@H](CCN)NC1=O. The van der Waals surface area contributed by atoms with Gasteiger partial charge >= 0.3 is 0 Å². The number of carbonyl (C=O) groups excluding carboxylic acids is 8. The van der Waals surface area contributed by atoms with Gasteiger partial charge in [0.05, 0.1) is 12.1 Å². The average molecular weight is 876 g/mol. The van der Waals surface area contributed by atoms with Gasteiger partial charge in [-0.25, -0.2) is 0 Å². The number of hydrogen-bond donors (Lipinski definition) is 14. The highest BCUT2D eigenvalue weighted by atomic mass is 16.3. The number of carbonyl (C=O) groups is 8. The molecule has 22 nitrogen and oxygen atoms in total. The van der Waals surface area contributed by atoms with E-state index >= 15 is 0 Å². The fraction of sp³-hybridized carbons (Fsp3) is 0.650. The van der Waals surface area contributed by atoms with Crippen molar-refractivity contribution >= 4 is 47.3 Å². The van der Waals surface area contributed by atoms with Crippen LogP contribution in [-0.2, 0) is 44.8 Å². The van der Waals surface area contributed by atoms with Crippen LogP contribution in [0.3, 0.4) is 0 Å². The smallest absolute Gasteiger partial charge is 0.245 e. The summed E-state index contributed by atoms with van der Waals surface area (Å²) in [6, 6.07) is -1.72. The minimum Gasteiger partial charge on any atom is -0.391 e. The Morgan fingerprint density at radius 1 is 0.661 bits per heavy atom. The summed E-state index contributed by atoms with van der Waals surface area (Å²) in [6.07, 6.45) is -1.31. The maximum Gasteiger partial charge on any atom is 0.245 e. The summed E-state index contributed by atoms with van der Waals surface area (Å²) in [5.74, 6) is -6.58. The van der Waals surface area contributed by atoms with Crippen LogP contribution >= 0.6 is 0 Å². The number of amides is 8. The summed E-state index contributed by atoms with van der Waals surface area (Å²) in [5.41, 5.74) is 29.7. The van der Waals surface area contributed by atoms with Gasteiger partial charge in [-0.3, -0.25) is 38.4 Å². The van der Waals surface area contributed by atoms with Crippen molar-refractivity contribution in [2.24, 2.45) is 34.6 Å². The van der Waals surface area contributed by atoms with E-state index in [2.05, 4.69) is 42.5 Å². The Morgan fingerprint density at radius 2 is 1.13 bits per heavy atom. The summed E-state index contributed by atoms with van der Waals surface area (Å²) < 4.78 is 0. The first-order chi connectivity index (χ1) is 29.4. The molecule has 1 aliphatic heterocycles. The van der Waals surface area contributed by atoms with E-state index in [1.54, 1.807) is 30.3 Å². The average Bonchev–Trinajstić information content (AvgIpc) is 3.22. The van der Waals surface area contributed by atoms with Crippen LogP contribution in [0.15, 0.2) is 30.3 Å². The van der Waals surface area contributed by atoms with Crippen LogP contribution in [0.5, 0.6) is 0 Å². The first-order valence-corrected chi connectivity index (χ1v) is 21.1. The standard InChI is InChI=1S/C40H69N13O9/c1-22(2)20-30-38(60)50-26(11-16-42)34(56)49-28(13-18-44)37(59)53-32(23(3)54)40(62)46-19-14-29(47-33(55)25(45)10-7-15-41)36(58)48-27(12-17-43)35(57)52-31(39(61)51-30)21-24-8-5-4-6-9-24/h4-6,8-9,22-23,25-32,54H,7,10-21,41-45H2,1-3H3,(H,46,62)(H,47,55)(H,48,58)(H,49,56)(H,50,60)(H,51,61)(H,52,57)(H,53,59)/t23-,25+,26+,27+,28+,29+,30+,31-,32+/m1/s1. The normalized spacial score (nSPS) is 25.2. The van der Waals surface area contributed by atoms with Crippen LogP contribution in [0.1, 0.15) is 71.3 Å². The van der Waals surface area contributed by atoms with Gasteiger partial charge in [-0.05, 0) is 89.5 Å². The van der Waals surface area contributed by atoms with Crippen LogP contribution in [-0.4, -0.2) is 140 Å². The molecule has 2 rings (SSSR count). The molecular weight excluding hydrogens is 807 g/mol. The van der Waals surface area contributed by atoms with E-state index in [9.17, 15) is 43.5 Å². The Kier molecular flexibility index (Phi) is 23.6. The zero-order valence-electron chi connectivity index (χ0n) is 36.0. The third kappa shape index (κ3) is 18.0. The van der Waals surface area contributed by atoms with Gasteiger partial charge in [-0.2, -0.15) is 0 Å². The maximum atomic E-state index is 14.2. The van der Waals surface area contributed by atoms with Gasteiger partial charge in [0.15, 0.2) is 0 Å². The van der Waals surface area contributed by atoms with Crippen molar-refractivity contribution in [1.29, 1.82) is 0 Å². The molecule has 0 spiro atoms. The monoisotopic (exact) mass is 876 g/mol. The number of rotatable bonds is 16. The molecule has 22 heteroatoms. The van der Waals surface area contributed by atoms with Crippen molar-refractivity contribution in [1.82, 2.24) is 42.5 Å². The van der Waals surface area contributed by atoms with E-state index in [0.717, 1.165) is 0 Å². The molecule has 1 aromatic rings. The first-order valence-electron chi connectivity index (χ1n) is 21.1. The first kappa shape index (κ1) is 52.9. The molecule has 1 aliphatic rings. The molecule has 1 saturated heterocycles. The van der Waals surface area contributed by atoms with Gasteiger partial charge in [-0.15, -0.1) is 0 Å². The molecule has 0 aromatic heterocycles. The molecule has 8 amide bonds. The van der Waals surface area contributed by atoms with E-state index in [1.165, 1.54) is 6.92 Å². The molecule has 0 aliphatic carbocycles. The fourth-order valence-corrected chi connectivity index (χ4v) is 6.56. The van der Waals surface area contributed by atoms with Crippen LogP contribution in [0.25, 0.3) is 0 Å². The largest absolute Gasteiger partial charge is 0.391 e. The minimum absolute atomic E-state index is 0.0347. The van der Waals surface area contributed by atoms with Gasteiger partial charge in [0.1, 0.15) is 42.3 Å². The molecule has 348 valence electrons. The molecule has 9 atom stereocenters. The second-order valence-corrected chi connectivity index (χ2v) is 15.8. The molecule has 1 heterocycles. The topological polar surface area (TPSA) is 383 Å². The fourth-order valence-electron chi connectivity index (χ4n) is 6.56. The Bertz CT molecular complexity index is 1640. The molecule has 62 heavy (non-hydrogen) atoms. The molecular formula is C40H69N13O9. The second-order valence-electron chi connectivity index (χ2n) is 15.8. The van der Waals surface area contributed by atoms with Crippen molar-refractivity contribution in [3.05, 3.63) is 35.9 Å². The Balaban J connectivity index is 2.69. The highest BCUT2D eigenvalue weighted by Gasteiger charge is 2.35. The predicted molar refractivity (Wildman–Crippen MR) is 230 cm³/mol. The third-order valence-electron chi connectivity index (χ3n) is 10.0. The zero-order chi connectivity index (χ0) is 46.4. The molecule has 19 N–H and O–H groups in total. The lowest BCUT2D eigenvalue weighted by Gasteiger charge is -2.28. The Morgan fingerprint density at radius 3 is 1.63 bits per heavy atom. The van der Waals surface area contributed by atoms with Crippen LogP contribution < -0.4 is 71.2 Å². The van der Waals surface area contributed by atoms with Crippen LogP contribution in [0.2, 0.25) is 0 Å². The minimum atomic E-state index is -1.56. The lowest BCUT2D eigenvalue weighted by Crippen LogP contribution is -2.61. The number of aliphatic hydroxyl groups is 1. The molecule has 0 bridgehead atoms. The zero-order valence-corrected chi connectivity index (χ0v) is 36.0. The van der Waals surface area contributed by atoms with E-state index < -0.39 is 102 Å². The van der Waals surface area contributed by atoms with Crippen molar-refractivity contribution in [3.63, 3.8) is 0 Å². The summed E-state index contributed by atoms with van der Waals surface area (Å²) in [7, 11) is 0. The van der Waals surface area contributed by atoms with Crippen molar-refractivity contribution in [2.45, 2.75) is 127 Å². The number of hydrogen-bond acceptors (Lipinski definition) is 14. The number of nitrogens with two attached hydrogens (primary N) is 5. The molecule has 0 saturated carbocycles. The summed E-state index contributed by atoms with van der Waals surface area (Å²) in [4.78, 5) is 110. The van der Waals surface area contributed by atoms with Crippen molar-refractivity contribution < 1.29 is 43.5 Å². The van der Waals surface area contributed by atoms with Gasteiger partial charge < -0.3 is 76.3 Å². The van der Waals surface area contributed by atoms with Crippen LogP contribution in [0.4, 0.5) is 0 Å². The van der Waals surface area contributed by atoms with Gasteiger partial charge in [0, 0.05) is 13.0 Å². The highest BCUT2D eigenvalue weighted by Crippen LogP contribution is 2.11. The quantitative estimate of drug-likeness (QED) is 0.0738. The lowest BCUT2D eigenvalue weighted by atomic mass is 10.00. The van der Waals surface area contributed by atoms with Crippen LogP contribution in [0, 0.1) is 5.92 Å². The molecule has 1 fully saturated rings. The second kappa shape index (κ2) is 27.6. The maximum absolute atomic E-state index is 14.2. The van der Waals surface area contributed by atoms with Gasteiger partial charge in [0.25, 0.3) is 0 Å². The number of aliphatic hydroxyl groups excluding tert-OH is 1. The number of benzene rings is 1. The third-order valence-corrected chi connectivity index (χ3v) is 10.0. The van der Waals surface area contributed by atoms with Gasteiger partial charge in [-0.1, -0.05) is 44.2 Å². The van der Waals surface area contributed by atoms with E-state index in [-0.39, 0.29) is 83.6 Å². The molecule has 0 radical (unpaired) electrons. The predicted octanol–water partition coefficient (Wildman–Crippen LogP) is -5.32. The number of nitrogens with one attached hydrogen (secondary N) is 8. The lowest BCUT2D eigenvalue weighted by molar-refractivity contribution is -0.136. The van der Waals surface area contributed by atoms with Crippen molar-refractivity contribution in [3.8, 4) is 0 Å². The van der Waals surface area contributed by atoms with E-state index in [4.69, 9.17) is 28.7 Å². The van der Waals surface area contributed by atoms with Gasteiger partial charge in [0.2, 0.25) is 47.3 Å². The van der Waals surface area contributed by atoms with E-state index in [0.29, 0.717) is 12.0 Å². The summed E-state index contributed by atoms with van der Waals surface area (Å²) in [5, 5.41) is 31.3. The molecule has 0 unspecified atom stereocenters. The van der Waals surface area contributed by atoms with E-state index in [1.807, 2.05) is 13.8 Å². The Labute approximate surface area is 362 Å². The summed E-state index contributed by atoms with van der Waals surface area (Å²) in [6.45, 7) is 4.62. The molecule has 1 aromatic carbocycles. The summed E-state index contributed by atoms with van der Waals surface area (Å²) >= 11 is 0.